The van der Waals surface area contributed by atoms with E-state index in [2.05, 4.69) is 17.1 Å². The number of hydrogen-bond acceptors (Lipinski definition) is 2. The third-order valence-electron chi connectivity index (χ3n) is 5.67. The summed E-state index contributed by atoms with van der Waals surface area (Å²) in [6, 6.07) is 2.58. The fourth-order valence-electron chi connectivity index (χ4n) is 4.86. The molecule has 2 heteroatoms. The second kappa shape index (κ2) is 5.92. The van der Waals surface area contributed by atoms with Crippen molar-refractivity contribution in [2.24, 2.45) is 5.92 Å². The number of likely N-dealkylation sites (N-methyl/N-ethyl adjacent to an activating group) is 1. The molecule has 0 aromatic rings. The molecular weight excluding hydrogens is 220 g/mol. The molecule has 2 aliphatic carbocycles. The molecule has 1 aliphatic heterocycles. The van der Waals surface area contributed by atoms with Crippen molar-refractivity contribution < 1.29 is 0 Å². The van der Waals surface area contributed by atoms with E-state index in [4.69, 9.17) is 0 Å². The fraction of sp³-hybridized carbons (Fsp3) is 1.00. The van der Waals surface area contributed by atoms with Crippen molar-refractivity contribution in [1.82, 2.24) is 10.2 Å². The standard InChI is InChI=1S/C16H30N2/c1-2-17-14-8-4-6-10-16(14)18-12-11-13-7-3-5-9-15(13)18/h13-17H,2-12H2,1H3. The maximum absolute atomic E-state index is 3.77. The monoisotopic (exact) mass is 250 g/mol. The van der Waals surface area contributed by atoms with Crippen LogP contribution in [0.15, 0.2) is 0 Å². The van der Waals surface area contributed by atoms with Gasteiger partial charge in [-0.1, -0.05) is 32.6 Å². The Labute approximate surface area is 113 Å². The Kier molecular flexibility index (Phi) is 4.25. The second-order valence-corrected chi connectivity index (χ2v) is 6.65. The number of hydrogen-bond donors (Lipinski definition) is 1. The maximum atomic E-state index is 3.77. The lowest BCUT2D eigenvalue weighted by Crippen LogP contribution is -2.54. The van der Waals surface area contributed by atoms with Crippen LogP contribution in [0.5, 0.6) is 0 Å². The van der Waals surface area contributed by atoms with Crippen molar-refractivity contribution >= 4 is 0 Å². The van der Waals surface area contributed by atoms with Crippen molar-refractivity contribution in [2.75, 3.05) is 13.1 Å². The fourth-order valence-corrected chi connectivity index (χ4v) is 4.86. The molecule has 3 aliphatic rings. The van der Waals surface area contributed by atoms with Gasteiger partial charge in [0.1, 0.15) is 0 Å². The maximum Gasteiger partial charge on any atom is 0.0252 e. The molecule has 4 atom stereocenters. The van der Waals surface area contributed by atoms with E-state index in [0.29, 0.717) is 0 Å². The van der Waals surface area contributed by atoms with Gasteiger partial charge in [-0.2, -0.15) is 0 Å². The molecule has 0 spiro atoms. The molecule has 0 radical (unpaired) electrons. The average Bonchev–Trinajstić information content (AvgIpc) is 2.84. The Bertz CT molecular complexity index is 264. The molecule has 18 heavy (non-hydrogen) atoms. The number of likely N-dealkylation sites (tertiary alicyclic amines) is 1. The SMILES string of the molecule is CCNC1CCCCC1N1CCC2CCCCC21. The second-order valence-electron chi connectivity index (χ2n) is 6.65. The molecule has 3 fully saturated rings. The van der Waals surface area contributed by atoms with Crippen LogP contribution in [0.3, 0.4) is 0 Å². The predicted molar refractivity (Wildman–Crippen MR) is 76.8 cm³/mol. The first kappa shape index (κ1) is 12.9. The molecule has 1 N–H and O–H groups in total. The normalized spacial score (nSPS) is 41.8. The minimum absolute atomic E-state index is 0.782. The van der Waals surface area contributed by atoms with Gasteiger partial charge in [0.05, 0.1) is 0 Å². The third kappa shape index (κ3) is 2.46. The van der Waals surface area contributed by atoms with Gasteiger partial charge in [-0.3, -0.25) is 4.90 Å². The topological polar surface area (TPSA) is 15.3 Å². The Hall–Kier alpha value is -0.0800. The Morgan fingerprint density at radius 2 is 1.61 bits per heavy atom. The van der Waals surface area contributed by atoms with Crippen LogP contribution in [-0.4, -0.2) is 36.1 Å². The first-order valence-electron chi connectivity index (χ1n) is 8.39. The first-order valence-corrected chi connectivity index (χ1v) is 8.39. The van der Waals surface area contributed by atoms with E-state index < -0.39 is 0 Å². The minimum Gasteiger partial charge on any atom is -0.313 e. The molecule has 104 valence electrons. The molecule has 0 amide bonds. The molecule has 2 nitrogen and oxygen atoms in total. The van der Waals surface area contributed by atoms with Crippen LogP contribution >= 0.6 is 0 Å². The zero-order chi connectivity index (χ0) is 12.4. The summed E-state index contributed by atoms with van der Waals surface area (Å²) in [5.74, 6) is 1.04. The van der Waals surface area contributed by atoms with Crippen LogP contribution in [0.25, 0.3) is 0 Å². The number of nitrogens with one attached hydrogen (secondary N) is 1. The summed E-state index contributed by atoms with van der Waals surface area (Å²) in [5.41, 5.74) is 0. The van der Waals surface area contributed by atoms with Crippen molar-refractivity contribution in [3.63, 3.8) is 0 Å². The summed E-state index contributed by atoms with van der Waals surface area (Å²) < 4.78 is 0. The van der Waals surface area contributed by atoms with Gasteiger partial charge < -0.3 is 5.32 Å². The van der Waals surface area contributed by atoms with Gasteiger partial charge in [-0.25, -0.2) is 0 Å². The van der Waals surface area contributed by atoms with Crippen molar-refractivity contribution in [2.45, 2.75) is 82.8 Å². The molecule has 4 unspecified atom stereocenters. The lowest BCUT2D eigenvalue weighted by atomic mass is 9.83. The Balaban J connectivity index is 1.68. The molecule has 0 aromatic heterocycles. The smallest absolute Gasteiger partial charge is 0.0252 e. The van der Waals surface area contributed by atoms with Crippen LogP contribution in [0.4, 0.5) is 0 Å². The van der Waals surface area contributed by atoms with E-state index in [-0.39, 0.29) is 0 Å². The zero-order valence-electron chi connectivity index (χ0n) is 12.0. The molecule has 2 saturated carbocycles. The van der Waals surface area contributed by atoms with E-state index >= 15 is 0 Å². The van der Waals surface area contributed by atoms with Crippen LogP contribution < -0.4 is 5.32 Å². The highest BCUT2D eigenvalue weighted by atomic mass is 15.2. The van der Waals surface area contributed by atoms with Gasteiger partial charge in [0.2, 0.25) is 0 Å². The third-order valence-corrected chi connectivity index (χ3v) is 5.67. The van der Waals surface area contributed by atoms with E-state index in [9.17, 15) is 0 Å². The number of fused-ring (bicyclic) bond motifs is 1. The van der Waals surface area contributed by atoms with Crippen LogP contribution in [0.2, 0.25) is 0 Å². The lowest BCUT2D eigenvalue weighted by Gasteiger charge is -2.43. The summed E-state index contributed by atoms with van der Waals surface area (Å²) in [4.78, 5) is 2.93. The van der Waals surface area contributed by atoms with Crippen molar-refractivity contribution in [3.05, 3.63) is 0 Å². The summed E-state index contributed by atoms with van der Waals surface area (Å²) >= 11 is 0. The van der Waals surface area contributed by atoms with Crippen molar-refractivity contribution in [1.29, 1.82) is 0 Å². The van der Waals surface area contributed by atoms with Gasteiger partial charge >= 0.3 is 0 Å². The Morgan fingerprint density at radius 3 is 2.44 bits per heavy atom. The van der Waals surface area contributed by atoms with E-state index in [1.807, 2.05) is 0 Å². The summed E-state index contributed by atoms with van der Waals surface area (Å²) in [6.07, 6.45) is 13.2. The van der Waals surface area contributed by atoms with E-state index in [1.165, 1.54) is 64.3 Å². The van der Waals surface area contributed by atoms with Crippen LogP contribution in [0.1, 0.15) is 64.7 Å². The van der Waals surface area contributed by atoms with Crippen LogP contribution in [0, 0.1) is 5.92 Å². The molecule has 0 bridgehead atoms. The minimum atomic E-state index is 0.782. The number of nitrogens with zero attached hydrogens (tertiary/aromatic N) is 1. The highest BCUT2D eigenvalue weighted by Crippen LogP contribution is 2.39. The van der Waals surface area contributed by atoms with Crippen LogP contribution in [-0.2, 0) is 0 Å². The zero-order valence-corrected chi connectivity index (χ0v) is 12.0. The predicted octanol–water partition coefficient (Wildman–Crippen LogP) is 3.17. The lowest BCUT2D eigenvalue weighted by molar-refractivity contribution is 0.0833. The van der Waals surface area contributed by atoms with E-state index in [1.54, 1.807) is 0 Å². The first-order chi connectivity index (χ1) is 8.90. The van der Waals surface area contributed by atoms with Crippen molar-refractivity contribution in [3.8, 4) is 0 Å². The molecule has 1 saturated heterocycles. The molecule has 1 heterocycles. The van der Waals surface area contributed by atoms with Gasteiger partial charge in [-0.15, -0.1) is 0 Å². The molecular formula is C16H30N2. The van der Waals surface area contributed by atoms with E-state index in [0.717, 1.165) is 30.6 Å². The highest BCUT2D eigenvalue weighted by molar-refractivity contribution is 4.97. The molecule has 0 aromatic carbocycles. The van der Waals surface area contributed by atoms with Gasteiger partial charge in [-0.05, 0) is 51.1 Å². The average molecular weight is 250 g/mol. The number of rotatable bonds is 3. The van der Waals surface area contributed by atoms with Gasteiger partial charge in [0.15, 0.2) is 0 Å². The molecule has 3 rings (SSSR count). The quantitative estimate of drug-likeness (QED) is 0.827. The largest absolute Gasteiger partial charge is 0.313 e. The summed E-state index contributed by atoms with van der Waals surface area (Å²) in [6.45, 7) is 4.80. The van der Waals surface area contributed by atoms with Gasteiger partial charge in [0.25, 0.3) is 0 Å². The Morgan fingerprint density at radius 1 is 0.889 bits per heavy atom. The summed E-state index contributed by atoms with van der Waals surface area (Å²) in [7, 11) is 0. The highest BCUT2D eigenvalue weighted by Gasteiger charge is 2.41. The van der Waals surface area contributed by atoms with Gasteiger partial charge in [0, 0.05) is 18.1 Å². The summed E-state index contributed by atoms with van der Waals surface area (Å²) in [5, 5.41) is 3.77.